The molecule has 0 amide bonds. The first kappa shape index (κ1) is 10.5. The SMILES string of the molecule is CCNc1cc(-c2cncc(F)c2)ncn1. The summed E-state index contributed by atoms with van der Waals surface area (Å²) in [6.45, 7) is 2.75. The minimum absolute atomic E-state index is 0.374. The fraction of sp³-hybridized carbons (Fsp3) is 0.182. The first-order valence-corrected chi connectivity index (χ1v) is 4.96. The summed E-state index contributed by atoms with van der Waals surface area (Å²) in [6.07, 6.45) is 4.18. The van der Waals surface area contributed by atoms with Gasteiger partial charge in [0.05, 0.1) is 11.9 Å². The van der Waals surface area contributed by atoms with Gasteiger partial charge in [-0.3, -0.25) is 4.98 Å². The second-order valence-electron chi connectivity index (χ2n) is 3.21. The van der Waals surface area contributed by atoms with Gasteiger partial charge in [0.25, 0.3) is 0 Å². The summed E-state index contributed by atoms with van der Waals surface area (Å²) in [7, 11) is 0. The molecule has 2 rings (SSSR count). The van der Waals surface area contributed by atoms with Gasteiger partial charge in [0, 0.05) is 24.4 Å². The van der Waals surface area contributed by atoms with Gasteiger partial charge in [-0.05, 0) is 13.0 Å². The van der Waals surface area contributed by atoms with Gasteiger partial charge in [-0.15, -0.1) is 0 Å². The van der Waals surface area contributed by atoms with E-state index in [-0.39, 0.29) is 5.82 Å². The summed E-state index contributed by atoms with van der Waals surface area (Å²) in [5.74, 6) is 0.345. The van der Waals surface area contributed by atoms with Crippen molar-refractivity contribution in [2.75, 3.05) is 11.9 Å². The average molecular weight is 218 g/mol. The Morgan fingerprint density at radius 2 is 2.12 bits per heavy atom. The van der Waals surface area contributed by atoms with Gasteiger partial charge >= 0.3 is 0 Å². The lowest BCUT2D eigenvalue weighted by molar-refractivity contribution is 0.622. The Bertz CT molecular complexity index is 487. The van der Waals surface area contributed by atoms with Crippen LogP contribution in [0, 0.1) is 5.82 Å². The zero-order valence-corrected chi connectivity index (χ0v) is 8.81. The van der Waals surface area contributed by atoms with Crippen molar-refractivity contribution in [3.63, 3.8) is 0 Å². The smallest absolute Gasteiger partial charge is 0.142 e. The molecule has 2 heterocycles. The predicted molar refractivity (Wildman–Crippen MR) is 59.4 cm³/mol. The molecule has 0 fully saturated rings. The first-order chi connectivity index (χ1) is 7.79. The fourth-order valence-corrected chi connectivity index (χ4v) is 1.34. The third kappa shape index (κ3) is 2.31. The van der Waals surface area contributed by atoms with Crippen molar-refractivity contribution in [3.05, 3.63) is 36.7 Å². The number of nitrogens with one attached hydrogen (secondary N) is 1. The van der Waals surface area contributed by atoms with Crippen LogP contribution >= 0.6 is 0 Å². The standard InChI is InChI=1S/C11H11FN4/c1-2-14-11-4-10(15-7-16-11)8-3-9(12)6-13-5-8/h3-7H,2H2,1H3,(H,14,15,16). The Balaban J connectivity index is 2.36. The van der Waals surface area contributed by atoms with E-state index in [0.29, 0.717) is 11.3 Å². The zero-order chi connectivity index (χ0) is 11.4. The van der Waals surface area contributed by atoms with Gasteiger partial charge in [0.1, 0.15) is 18.0 Å². The third-order valence-corrected chi connectivity index (χ3v) is 2.03. The van der Waals surface area contributed by atoms with Crippen LogP contribution in [0.4, 0.5) is 10.2 Å². The lowest BCUT2D eigenvalue weighted by Crippen LogP contribution is -2.00. The zero-order valence-electron chi connectivity index (χ0n) is 8.81. The molecule has 0 aliphatic rings. The highest BCUT2D eigenvalue weighted by atomic mass is 19.1. The van der Waals surface area contributed by atoms with Crippen molar-refractivity contribution in [2.45, 2.75) is 6.92 Å². The van der Waals surface area contributed by atoms with Crippen molar-refractivity contribution in [1.29, 1.82) is 0 Å². The van der Waals surface area contributed by atoms with Gasteiger partial charge in [0.2, 0.25) is 0 Å². The van der Waals surface area contributed by atoms with Crippen LogP contribution in [0.3, 0.4) is 0 Å². The van der Waals surface area contributed by atoms with E-state index in [1.807, 2.05) is 6.92 Å². The highest BCUT2D eigenvalue weighted by Gasteiger charge is 2.02. The largest absolute Gasteiger partial charge is 0.370 e. The number of anilines is 1. The lowest BCUT2D eigenvalue weighted by atomic mass is 10.2. The van der Waals surface area contributed by atoms with Crippen LogP contribution in [-0.4, -0.2) is 21.5 Å². The molecule has 16 heavy (non-hydrogen) atoms. The summed E-state index contributed by atoms with van der Waals surface area (Å²) in [6, 6.07) is 3.16. The van der Waals surface area contributed by atoms with E-state index in [2.05, 4.69) is 20.3 Å². The molecule has 0 atom stereocenters. The highest BCUT2D eigenvalue weighted by Crippen LogP contribution is 2.18. The molecule has 0 saturated heterocycles. The highest BCUT2D eigenvalue weighted by molar-refractivity contribution is 5.60. The molecule has 0 saturated carbocycles. The topological polar surface area (TPSA) is 50.7 Å². The molecule has 0 aromatic carbocycles. The van der Waals surface area contributed by atoms with Gasteiger partial charge in [-0.25, -0.2) is 14.4 Å². The van der Waals surface area contributed by atoms with Crippen LogP contribution in [0.2, 0.25) is 0 Å². The number of pyridine rings is 1. The van der Waals surface area contributed by atoms with E-state index in [1.54, 1.807) is 12.3 Å². The first-order valence-electron chi connectivity index (χ1n) is 4.96. The van der Waals surface area contributed by atoms with Crippen LogP contribution in [-0.2, 0) is 0 Å². The Morgan fingerprint density at radius 3 is 2.88 bits per heavy atom. The summed E-state index contributed by atoms with van der Waals surface area (Å²) >= 11 is 0. The Kier molecular flexibility index (Phi) is 3.05. The molecule has 0 unspecified atom stereocenters. The van der Waals surface area contributed by atoms with Gasteiger partial charge in [0.15, 0.2) is 0 Å². The molecule has 2 aromatic heterocycles. The molecule has 0 bridgehead atoms. The maximum atomic E-state index is 13.0. The normalized spacial score (nSPS) is 10.1. The van der Waals surface area contributed by atoms with Crippen LogP contribution in [0.1, 0.15) is 6.92 Å². The summed E-state index contributed by atoms with van der Waals surface area (Å²) in [5, 5.41) is 3.07. The second-order valence-corrected chi connectivity index (χ2v) is 3.21. The monoisotopic (exact) mass is 218 g/mol. The van der Waals surface area contributed by atoms with Crippen molar-refractivity contribution < 1.29 is 4.39 Å². The molecule has 4 nitrogen and oxygen atoms in total. The number of aromatic nitrogens is 3. The number of hydrogen-bond acceptors (Lipinski definition) is 4. The number of rotatable bonds is 3. The Morgan fingerprint density at radius 1 is 1.25 bits per heavy atom. The molecular formula is C11H11FN4. The predicted octanol–water partition coefficient (Wildman–Crippen LogP) is 2.11. The van der Waals surface area contributed by atoms with E-state index >= 15 is 0 Å². The molecule has 0 spiro atoms. The van der Waals surface area contributed by atoms with Gasteiger partial charge in [-0.1, -0.05) is 0 Å². The fourth-order valence-electron chi connectivity index (χ4n) is 1.34. The molecular weight excluding hydrogens is 207 g/mol. The van der Waals surface area contributed by atoms with E-state index in [1.165, 1.54) is 12.4 Å². The molecule has 0 radical (unpaired) electrons. The van der Waals surface area contributed by atoms with Crippen LogP contribution in [0.25, 0.3) is 11.3 Å². The van der Waals surface area contributed by atoms with Crippen molar-refractivity contribution in [3.8, 4) is 11.3 Å². The Hall–Kier alpha value is -2.04. The summed E-state index contributed by atoms with van der Waals surface area (Å²) < 4.78 is 13.0. The molecule has 82 valence electrons. The van der Waals surface area contributed by atoms with Crippen LogP contribution in [0.5, 0.6) is 0 Å². The van der Waals surface area contributed by atoms with Crippen molar-refractivity contribution in [2.24, 2.45) is 0 Å². The van der Waals surface area contributed by atoms with Gasteiger partial charge < -0.3 is 5.32 Å². The molecule has 5 heteroatoms. The van der Waals surface area contributed by atoms with Crippen molar-refractivity contribution in [1.82, 2.24) is 15.0 Å². The lowest BCUT2D eigenvalue weighted by Gasteiger charge is -2.04. The third-order valence-electron chi connectivity index (χ3n) is 2.03. The van der Waals surface area contributed by atoms with E-state index in [9.17, 15) is 4.39 Å². The summed E-state index contributed by atoms with van der Waals surface area (Å²) in [4.78, 5) is 11.9. The van der Waals surface area contributed by atoms with E-state index in [4.69, 9.17) is 0 Å². The Labute approximate surface area is 92.6 Å². The van der Waals surface area contributed by atoms with E-state index < -0.39 is 0 Å². The molecule has 0 aliphatic carbocycles. The minimum Gasteiger partial charge on any atom is -0.370 e. The van der Waals surface area contributed by atoms with E-state index in [0.717, 1.165) is 18.6 Å². The van der Waals surface area contributed by atoms with Crippen LogP contribution in [0.15, 0.2) is 30.9 Å². The molecule has 1 N–H and O–H groups in total. The number of halogens is 1. The number of hydrogen-bond donors (Lipinski definition) is 1. The summed E-state index contributed by atoms with van der Waals surface area (Å²) in [5.41, 5.74) is 1.29. The second kappa shape index (κ2) is 4.65. The number of nitrogens with zero attached hydrogens (tertiary/aromatic N) is 3. The minimum atomic E-state index is -0.374. The maximum absolute atomic E-state index is 13.0. The quantitative estimate of drug-likeness (QED) is 0.857. The average Bonchev–Trinajstić information content (AvgIpc) is 2.30. The molecule has 2 aromatic rings. The molecule has 0 aliphatic heterocycles. The van der Waals surface area contributed by atoms with Crippen LogP contribution < -0.4 is 5.32 Å². The van der Waals surface area contributed by atoms with Crippen molar-refractivity contribution >= 4 is 5.82 Å². The van der Waals surface area contributed by atoms with Gasteiger partial charge in [-0.2, -0.15) is 0 Å². The maximum Gasteiger partial charge on any atom is 0.142 e.